The number of nitrogens with two attached hydrogens (primary N) is 1. The maximum atomic E-state index is 11.8. The van der Waals surface area contributed by atoms with Crippen molar-refractivity contribution < 1.29 is 4.79 Å². The maximum absolute atomic E-state index is 11.8. The Morgan fingerprint density at radius 2 is 1.59 bits per heavy atom. The van der Waals surface area contributed by atoms with Crippen molar-refractivity contribution in [3.8, 4) is 0 Å². The van der Waals surface area contributed by atoms with Gasteiger partial charge in [0.1, 0.15) is 0 Å². The Balaban J connectivity index is 1.60. The van der Waals surface area contributed by atoms with E-state index >= 15 is 0 Å². The molecule has 1 atom stereocenters. The van der Waals surface area contributed by atoms with Gasteiger partial charge in [-0.15, -0.1) is 0 Å². The molecule has 1 unspecified atom stereocenters. The second kappa shape index (κ2) is 8.85. The zero-order chi connectivity index (χ0) is 15.6. The Morgan fingerprint density at radius 3 is 2.27 bits per heavy atom. The van der Waals surface area contributed by atoms with Crippen molar-refractivity contribution in [3.05, 3.63) is 66.2 Å². The third-order valence-corrected chi connectivity index (χ3v) is 3.41. The summed E-state index contributed by atoms with van der Waals surface area (Å²) in [7, 11) is 0. The number of rotatable bonds is 8. The molecule has 1 amide bonds. The molecule has 0 aromatic heterocycles. The summed E-state index contributed by atoms with van der Waals surface area (Å²) in [4.78, 5) is 11.8. The van der Waals surface area contributed by atoms with Crippen molar-refractivity contribution in [1.82, 2.24) is 5.32 Å². The van der Waals surface area contributed by atoms with Crippen LogP contribution in [0.4, 0.5) is 5.69 Å². The number of carbonyl (C=O) groups is 1. The Morgan fingerprint density at radius 1 is 0.955 bits per heavy atom. The molecule has 4 heteroatoms. The molecule has 0 spiro atoms. The predicted octanol–water partition coefficient (Wildman–Crippen LogP) is 2.69. The fourth-order valence-electron chi connectivity index (χ4n) is 2.19. The molecule has 2 rings (SSSR count). The average Bonchev–Trinajstić information content (AvgIpc) is 2.56. The molecule has 22 heavy (non-hydrogen) atoms. The number of anilines is 1. The number of nitrogens with one attached hydrogen (secondary N) is 2. The lowest BCUT2D eigenvalue weighted by Crippen LogP contribution is -2.29. The second-order valence-electron chi connectivity index (χ2n) is 5.22. The Labute approximate surface area is 131 Å². The van der Waals surface area contributed by atoms with E-state index in [0.29, 0.717) is 13.0 Å². The summed E-state index contributed by atoms with van der Waals surface area (Å²) >= 11 is 0. The lowest BCUT2D eigenvalue weighted by molar-refractivity contribution is -0.121. The SMILES string of the molecule is NC(CC(=O)NCCCNc1ccccc1)c1ccccc1. The quantitative estimate of drug-likeness (QED) is 0.656. The Bertz CT molecular complexity index is 557. The minimum Gasteiger partial charge on any atom is -0.385 e. The van der Waals surface area contributed by atoms with Crippen molar-refractivity contribution in [2.24, 2.45) is 5.73 Å². The summed E-state index contributed by atoms with van der Waals surface area (Å²) in [6.45, 7) is 1.48. The Hall–Kier alpha value is -2.33. The third kappa shape index (κ3) is 5.58. The number of hydrogen-bond donors (Lipinski definition) is 3. The van der Waals surface area contributed by atoms with E-state index < -0.39 is 0 Å². The highest BCUT2D eigenvalue weighted by Crippen LogP contribution is 2.12. The van der Waals surface area contributed by atoms with Gasteiger partial charge in [0.15, 0.2) is 0 Å². The fourth-order valence-corrected chi connectivity index (χ4v) is 2.19. The first-order valence-corrected chi connectivity index (χ1v) is 7.62. The molecule has 4 N–H and O–H groups in total. The highest BCUT2D eigenvalue weighted by molar-refractivity contribution is 5.76. The van der Waals surface area contributed by atoms with Gasteiger partial charge in [0.2, 0.25) is 5.91 Å². The molecule has 0 fully saturated rings. The first kappa shape index (κ1) is 16.0. The summed E-state index contributed by atoms with van der Waals surface area (Å²) in [5.41, 5.74) is 8.12. The molecule has 0 aliphatic carbocycles. The van der Waals surface area contributed by atoms with Gasteiger partial charge in [-0.25, -0.2) is 0 Å². The van der Waals surface area contributed by atoms with Gasteiger partial charge >= 0.3 is 0 Å². The highest BCUT2D eigenvalue weighted by Gasteiger charge is 2.10. The summed E-state index contributed by atoms with van der Waals surface area (Å²) in [5, 5.41) is 6.22. The Kier molecular flexibility index (Phi) is 6.45. The second-order valence-corrected chi connectivity index (χ2v) is 5.22. The van der Waals surface area contributed by atoms with Crippen LogP contribution in [0, 0.1) is 0 Å². The van der Waals surface area contributed by atoms with E-state index in [9.17, 15) is 4.79 Å². The fraction of sp³-hybridized carbons (Fsp3) is 0.278. The third-order valence-electron chi connectivity index (χ3n) is 3.41. The molecule has 0 radical (unpaired) electrons. The van der Waals surface area contributed by atoms with Crippen LogP contribution in [0.2, 0.25) is 0 Å². The van der Waals surface area contributed by atoms with E-state index in [1.54, 1.807) is 0 Å². The molecule has 4 nitrogen and oxygen atoms in total. The van der Waals surface area contributed by atoms with Crippen molar-refractivity contribution in [3.63, 3.8) is 0 Å². The van der Waals surface area contributed by atoms with Crippen LogP contribution in [0.3, 0.4) is 0 Å². The maximum Gasteiger partial charge on any atom is 0.221 e. The highest BCUT2D eigenvalue weighted by atomic mass is 16.1. The summed E-state index contributed by atoms with van der Waals surface area (Å²) in [5.74, 6) is -0.00364. The van der Waals surface area contributed by atoms with Gasteiger partial charge in [0.05, 0.1) is 0 Å². The van der Waals surface area contributed by atoms with Gasteiger partial charge in [-0.1, -0.05) is 48.5 Å². The lowest BCUT2D eigenvalue weighted by Gasteiger charge is -2.12. The van der Waals surface area contributed by atoms with Crippen molar-refractivity contribution in [2.75, 3.05) is 18.4 Å². The smallest absolute Gasteiger partial charge is 0.221 e. The van der Waals surface area contributed by atoms with E-state index in [1.807, 2.05) is 60.7 Å². The molecule has 0 bridgehead atoms. The van der Waals surface area contributed by atoms with Crippen LogP contribution in [-0.4, -0.2) is 19.0 Å². The summed E-state index contributed by atoms with van der Waals surface area (Å²) in [6, 6.07) is 19.5. The first-order valence-electron chi connectivity index (χ1n) is 7.62. The van der Waals surface area contributed by atoms with E-state index in [0.717, 1.165) is 24.2 Å². The predicted molar refractivity (Wildman–Crippen MR) is 90.5 cm³/mol. The summed E-state index contributed by atoms with van der Waals surface area (Å²) < 4.78 is 0. The molecule has 2 aromatic carbocycles. The number of carbonyl (C=O) groups excluding carboxylic acids is 1. The normalized spacial score (nSPS) is 11.7. The molecule has 0 saturated carbocycles. The van der Waals surface area contributed by atoms with E-state index in [1.165, 1.54) is 0 Å². The molecule has 0 aliphatic heterocycles. The van der Waals surface area contributed by atoms with Crippen molar-refractivity contribution in [1.29, 1.82) is 0 Å². The van der Waals surface area contributed by atoms with E-state index in [-0.39, 0.29) is 11.9 Å². The number of hydrogen-bond acceptors (Lipinski definition) is 3. The van der Waals surface area contributed by atoms with Crippen LogP contribution in [0.15, 0.2) is 60.7 Å². The molecular weight excluding hydrogens is 274 g/mol. The van der Waals surface area contributed by atoms with Crippen LogP contribution >= 0.6 is 0 Å². The first-order chi connectivity index (χ1) is 10.8. The molecule has 116 valence electrons. The number of amides is 1. The standard InChI is InChI=1S/C18H23N3O/c19-17(15-8-3-1-4-9-15)14-18(22)21-13-7-12-20-16-10-5-2-6-11-16/h1-6,8-11,17,20H,7,12-14,19H2,(H,21,22). The van der Waals surface area contributed by atoms with E-state index in [4.69, 9.17) is 5.73 Å². The van der Waals surface area contributed by atoms with Crippen LogP contribution in [-0.2, 0) is 4.79 Å². The largest absolute Gasteiger partial charge is 0.385 e. The molecule has 0 aliphatic rings. The lowest BCUT2D eigenvalue weighted by atomic mass is 10.0. The van der Waals surface area contributed by atoms with Crippen molar-refractivity contribution >= 4 is 11.6 Å². The zero-order valence-electron chi connectivity index (χ0n) is 12.7. The van der Waals surface area contributed by atoms with Gasteiger partial charge < -0.3 is 16.4 Å². The van der Waals surface area contributed by atoms with Gasteiger partial charge in [-0.2, -0.15) is 0 Å². The van der Waals surface area contributed by atoms with Crippen LogP contribution < -0.4 is 16.4 Å². The number of benzene rings is 2. The number of para-hydroxylation sites is 1. The molecule has 2 aromatic rings. The monoisotopic (exact) mass is 297 g/mol. The average molecular weight is 297 g/mol. The van der Waals surface area contributed by atoms with Gasteiger partial charge in [-0.3, -0.25) is 4.79 Å². The van der Waals surface area contributed by atoms with Crippen molar-refractivity contribution in [2.45, 2.75) is 18.9 Å². The topological polar surface area (TPSA) is 67.2 Å². The zero-order valence-corrected chi connectivity index (χ0v) is 12.7. The van der Waals surface area contributed by atoms with Gasteiger partial charge in [0.25, 0.3) is 0 Å². The van der Waals surface area contributed by atoms with Crippen LogP contribution in [0.5, 0.6) is 0 Å². The van der Waals surface area contributed by atoms with Crippen LogP contribution in [0.1, 0.15) is 24.4 Å². The summed E-state index contributed by atoms with van der Waals surface area (Å²) in [6.07, 6.45) is 1.19. The minimum absolute atomic E-state index is 0.00364. The molecule has 0 saturated heterocycles. The molecule has 0 heterocycles. The van der Waals surface area contributed by atoms with Gasteiger partial charge in [-0.05, 0) is 24.1 Å². The minimum atomic E-state index is -0.247. The van der Waals surface area contributed by atoms with Crippen LogP contribution in [0.25, 0.3) is 0 Å². The van der Waals surface area contributed by atoms with Gasteiger partial charge in [0, 0.05) is 31.2 Å². The molecular formula is C18H23N3O. The van der Waals surface area contributed by atoms with E-state index in [2.05, 4.69) is 10.6 Å².